The molecule has 0 bridgehead atoms. The predicted molar refractivity (Wildman–Crippen MR) is 142 cm³/mol. The van der Waals surface area contributed by atoms with Crippen LogP contribution >= 0.6 is 23.1 Å². The van der Waals surface area contributed by atoms with Crippen LogP contribution in [-0.2, 0) is 4.79 Å². The van der Waals surface area contributed by atoms with Gasteiger partial charge in [0.2, 0.25) is 11.8 Å². The second-order valence-corrected chi connectivity index (χ2v) is 9.73. The summed E-state index contributed by atoms with van der Waals surface area (Å²) in [6, 6.07) is 26.6. The summed E-state index contributed by atoms with van der Waals surface area (Å²) in [5.41, 5.74) is 3.41. The highest BCUT2D eigenvalue weighted by Gasteiger charge is 2.19. The van der Waals surface area contributed by atoms with Gasteiger partial charge in [-0.25, -0.2) is 9.97 Å². The Bertz CT molecular complexity index is 1580. The molecule has 0 fully saturated rings. The van der Waals surface area contributed by atoms with Crippen molar-refractivity contribution in [3.05, 3.63) is 90.0 Å². The molecule has 9 heteroatoms. The Morgan fingerprint density at radius 3 is 2.53 bits per heavy atom. The Morgan fingerprint density at radius 2 is 1.78 bits per heavy atom. The zero-order valence-corrected chi connectivity index (χ0v) is 20.8. The van der Waals surface area contributed by atoms with E-state index in [-0.39, 0.29) is 23.1 Å². The maximum Gasteiger partial charge on any atom is 0.241 e. The van der Waals surface area contributed by atoms with E-state index in [1.165, 1.54) is 11.3 Å². The second-order valence-electron chi connectivity index (χ2n) is 7.75. The van der Waals surface area contributed by atoms with Crippen molar-refractivity contribution < 1.29 is 9.53 Å². The molecule has 0 saturated heterocycles. The molecule has 3 aromatic carbocycles. The van der Waals surface area contributed by atoms with Crippen LogP contribution in [0, 0.1) is 18.3 Å². The van der Waals surface area contributed by atoms with E-state index in [1.807, 2.05) is 73.7 Å². The van der Waals surface area contributed by atoms with Crippen LogP contribution in [0.1, 0.15) is 11.1 Å². The number of aryl methyl sites for hydroxylation is 1. The molecule has 36 heavy (non-hydrogen) atoms. The first-order valence-electron chi connectivity index (χ1n) is 11.0. The quantitative estimate of drug-likeness (QED) is 0.199. The molecule has 0 unspecified atom stereocenters. The molecule has 7 nitrogen and oxygen atoms in total. The third kappa shape index (κ3) is 5.35. The lowest BCUT2D eigenvalue weighted by molar-refractivity contribution is -0.113. The van der Waals surface area contributed by atoms with Crippen molar-refractivity contribution in [2.24, 2.45) is 0 Å². The largest absolute Gasteiger partial charge is 0.438 e. The van der Waals surface area contributed by atoms with Gasteiger partial charge in [0.25, 0.3) is 0 Å². The van der Waals surface area contributed by atoms with E-state index in [1.54, 1.807) is 12.1 Å². The number of nitrogens with zero attached hydrogens (tertiary/aromatic N) is 4. The van der Waals surface area contributed by atoms with Crippen molar-refractivity contribution in [3.63, 3.8) is 0 Å². The maximum atomic E-state index is 12.7. The molecule has 0 saturated carbocycles. The van der Waals surface area contributed by atoms with E-state index < -0.39 is 0 Å². The van der Waals surface area contributed by atoms with Gasteiger partial charge in [-0.1, -0.05) is 77.7 Å². The number of ether oxygens (including phenoxy) is 1. The summed E-state index contributed by atoms with van der Waals surface area (Å²) in [7, 11) is 0. The molecule has 0 atom stereocenters. The van der Waals surface area contributed by atoms with Gasteiger partial charge >= 0.3 is 0 Å². The summed E-state index contributed by atoms with van der Waals surface area (Å²) in [6.07, 6.45) is 0. The smallest absolute Gasteiger partial charge is 0.241 e. The van der Waals surface area contributed by atoms with Gasteiger partial charge in [0.15, 0.2) is 10.3 Å². The number of hydrogen-bond donors (Lipinski definition) is 1. The lowest BCUT2D eigenvalue weighted by Crippen LogP contribution is -2.14. The Kier molecular flexibility index (Phi) is 6.89. The maximum absolute atomic E-state index is 12.7. The number of benzene rings is 3. The van der Waals surface area contributed by atoms with Crippen molar-refractivity contribution >= 4 is 44.4 Å². The molecule has 5 rings (SSSR count). The van der Waals surface area contributed by atoms with Crippen LogP contribution in [-0.4, -0.2) is 26.6 Å². The predicted octanol–water partition coefficient (Wildman–Crippen LogP) is 6.46. The van der Waals surface area contributed by atoms with Gasteiger partial charge in [-0.05, 0) is 36.8 Å². The number of anilines is 1. The van der Waals surface area contributed by atoms with E-state index in [4.69, 9.17) is 4.74 Å². The van der Waals surface area contributed by atoms with Gasteiger partial charge in [0.05, 0.1) is 21.7 Å². The van der Waals surface area contributed by atoms with Crippen molar-refractivity contribution in [2.45, 2.75) is 12.1 Å². The molecule has 0 aliphatic rings. The van der Waals surface area contributed by atoms with Gasteiger partial charge < -0.3 is 10.1 Å². The fourth-order valence-corrected chi connectivity index (χ4v) is 5.05. The van der Waals surface area contributed by atoms with Gasteiger partial charge in [-0.2, -0.15) is 10.2 Å². The zero-order chi connectivity index (χ0) is 24.9. The molecule has 0 spiro atoms. The highest BCUT2D eigenvalue weighted by molar-refractivity contribution is 7.99. The minimum atomic E-state index is -0.226. The number of amides is 1. The summed E-state index contributed by atoms with van der Waals surface area (Å²) in [4.78, 5) is 26.2. The molecular weight excluding hydrogens is 490 g/mol. The van der Waals surface area contributed by atoms with Gasteiger partial charge in [0, 0.05) is 5.56 Å². The monoisotopic (exact) mass is 509 g/mol. The van der Waals surface area contributed by atoms with Gasteiger partial charge in [-0.3, -0.25) is 4.79 Å². The fraction of sp³-hybridized carbons (Fsp3) is 0.0741. The number of rotatable bonds is 7. The first kappa shape index (κ1) is 23.5. The van der Waals surface area contributed by atoms with E-state index in [0.717, 1.165) is 33.1 Å². The van der Waals surface area contributed by atoms with Crippen LogP contribution in [0.5, 0.6) is 11.6 Å². The zero-order valence-electron chi connectivity index (χ0n) is 19.1. The molecular formula is C27H19N5O2S2. The normalized spacial score (nSPS) is 10.7. The van der Waals surface area contributed by atoms with Crippen LogP contribution in [0.25, 0.3) is 21.5 Å². The molecule has 1 amide bonds. The second kappa shape index (κ2) is 10.6. The number of carbonyl (C=O) groups excluding carboxylic acids is 1. The van der Waals surface area contributed by atoms with Crippen LogP contribution in [0.4, 0.5) is 5.13 Å². The number of para-hydroxylation sites is 1. The number of thiazole rings is 1. The number of fused-ring (bicyclic) bond motifs is 1. The topological polar surface area (TPSA) is 101 Å². The molecule has 5 aromatic rings. The van der Waals surface area contributed by atoms with E-state index in [2.05, 4.69) is 26.3 Å². The molecule has 2 heterocycles. The Morgan fingerprint density at radius 1 is 1.03 bits per heavy atom. The third-order valence-corrected chi connectivity index (χ3v) is 6.88. The first-order valence-corrected chi connectivity index (χ1v) is 12.8. The fourth-order valence-electron chi connectivity index (χ4n) is 3.44. The average molecular weight is 510 g/mol. The summed E-state index contributed by atoms with van der Waals surface area (Å²) < 4.78 is 6.97. The number of carbonyl (C=O) groups is 1. The lowest BCUT2D eigenvalue weighted by atomic mass is 10.1. The third-order valence-electron chi connectivity index (χ3n) is 5.09. The lowest BCUT2D eigenvalue weighted by Gasteiger charge is -2.12. The van der Waals surface area contributed by atoms with E-state index in [9.17, 15) is 10.1 Å². The number of hydrogen-bond acceptors (Lipinski definition) is 8. The molecule has 1 N–H and O–H groups in total. The Balaban J connectivity index is 1.40. The van der Waals surface area contributed by atoms with Crippen molar-refractivity contribution in [2.75, 3.05) is 11.1 Å². The molecule has 0 radical (unpaired) electrons. The minimum absolute atomic E-state index is 0.0693. The van der Waals surface area contributed by atoms with Gasteiger partial charge in [-0.15, -0.1) is 0 Å². The molecule has 2 aromatic heterocycles. The van der Waals surface area contributed by atoms with Crippen LogP contribution in [0.3, 0.4) is 0 Å². The van der Waals surface area contributed by atoms with E-state index in [0.29, 0.717) is 21.7 Å². The highest BCUT2D eigenvalue weighted by Crippen LogP contribution is 2.33. The Hall–Kier alpha value is -4.26. The average Bonchev–Trinajstić information content (AvgIpc) is 3.29. The van der Waals surface area contributed by atoms with Crippen LogP contribution < -0.4 is 10.1 Å². The van der Waals surface area contributed by atoms with Crippen LogP contribution in [0.15, 0.2) is 84.0 Å². The summed E-state index contributed by atoms with van der Waals surface area (Å²) in [5.74, 6) is 0.531. The van der Waals surface area contributed by atoms with Crippen LogP contribution in [0.2, 0.25) is 0 Å². The summed E-state index contributed by atoms with van der Waals surface area (Å²) in [5, 5.41) is 13.6. The highest BCUT2D eigenvalue weighted by atomic mass is 32.2. The number of aromatic nitrogens is 3. The standard InChI is InChI=1S/C27H19N5O2S2/c1-17-12-13-21-22(14-17)36-27(29-21)30-23(33)16-35-26-31-24(18-8-4-2-5-9-18)20(15-28)25(32-26)34-19-10-6-3-7-11-19/h2-14H,16H2,1H3,(H,29,30,33). The molecule has 0 aliphatic carbocycles. The minimum Gasteiger partial charge on any atom is -0.438 e. The number of thioether (sulfide) groups is 1. The van der Waals surface area contributed by atoms with E-state index >= 15 is 0 Å². The Labute approximate surface area is 215 Å². The molecule has 0 aliphatic heterocycles. The SMILES string of the molecule is Cc1ccc2nc(NC(=O)CSc3nc(Oc4ccccc4)c(C#N)c(-c4ccccc4)n3)sc2c1. The van der Waals surface area contributed by atoms with Crippen molar-refractivity contribution in [1.82, 2.24) is 15.0 Å². The van der Waals surface area contributed by atoms with Crippen molar-refractivity contribution in [3.8, 4) is 29.0 Å². The number of nitriles is 1. The molecule has 176 valence electrons. The summed E-state index contributed by atoms with van der Waals surface area (Å²) >= 11 is 2.59. The first-order chi connectivity index (χ1) is 17.6. The van der Waals surface area contributed by atoms with Crippen molar-refractivity contribution in [1.29, 1.82) is 5.26 Å². The number of nitrogens with one attached hydrogen (secondary N) is 1. The van der Waals surface area contributed by atoms with Gasteiger partial charge in [0.1, 0.15) is 17.4 Å². The summed E-state index contributed by atoms with van der Waals surface area (Å²) in [6.45, 7) is 2.02.